The van der Waals surface area contributed by atoms with Crippen molar-refractivity contribution in [3.05, 3.63) is 36.0 Å². The van der Waals surface area contributed by atoms with Gasteiger partial charge in [-0.05, 0) is 85.8 Å². The largest absolute Gasteiger partial charge is 0.368 e. The summed E-state index contributed by atoms with van der Waals surface area (Å²) in [7, 11) is 1.95. The number of hydrogen-bond acceptors (Lipinski definition) is 5. The Morgan fingerprint density at radius 1 is 1.03 bits per heavy atom. The van der Waals surface area contributed by atoms with E-state index in [2.05, 4.69) is 50.7 Å². The second-order valence-corrected chi connectivity index (χ2v) is 10.6. The van der Waals surface area contributed by atoms with Crippen molar-refractivity contribution >= 4 is 5.82 Å². The number of fused-ring (bicyclic) bond motifs is 3. The molecule has 6 atom stereocenters. The van der Waals surface area contributed by atoms with Crippen LogP contribution in [0.1, 0.15) is 31.2 Å². The first-order chi connectivity index (χ1) is 15.1. The standard InChI is InChI=1S/C25H34N6/c1-16-11-27-30(2)25(16)23-5-6-24(29-28-23)26-12-18-9-21-14-31(15-22(21)10-18)13-20-8-17-3-4-19(20)7-17/h3-6,11,17-22H,7-10,12-15H2,1-2H3,(H,26,29)/t17?,18?,19?,20?,21-,22?/m0/s1. The minimum Gasteiger partial charge on any atom is -0.368 e. The van der Waals surface area contributed by atoms with Crippen LogP contribution in [-0.2, 0) is 7.05 Å². The van der Waals surface area contributed by atoms with Gasteiger partial charge in [-0.15, -0.1) is 10.2 Å². The van der Waals surface area contributed by atoms with Gasteiger partial charge in [0.25, 0.3) is 0 Å². The first kappa shape index (κ1) is 19.5. The van der Waals surface area contributed by atoms with Gasteiger partial charge in [0, 0.05) is 33.2 Å². The van der Waals surface area contributed by atoms with Crippen molar-refractivity contribution in [2.45, 2.75) is 32.6 Å². The fourth-order valence-electron chi connectivity index (χ4n) is 6.99. The molecule has 3 fully saturated rings. The number of allylic oxidation sites excluding steroid dienone is 2. The van der Waals surface area contributed by atoms with Crippen molar-refractivity contribution < 1.29 is 0 Å². The number of aryl methyl sites for hydroxylation is 2. The molecule has 1 N–H and O–H groups in total. The Balaban J connectivity index is 0.984. The number of hydrogen-bond donors (Lipinski definition) is 1. The molecule has 2 aromatic rings. The van der Waals surface area contributed by atoms with E-state index in [4.69, 9.17) is 0 Å². The Morgan fingerprint density at radius 2 is 1.87 bits per heavy atom. The maximum atomic E-state index is 4.44. The Labute approximate surface area is 185 Å². The maximum Gasteiger partial charge on any atom is 0.148 e. The van der Waals surface area contributed by atoms with Gasteiger partial charge in [0.05, 0.1) is 11.9 Å². The molecule has 4 aliphatic rings. The summed E-state index contributed by atoms with van der Waals surface area (Å²) in [6, 6.07) is 4.10. The first-order valence-electron chi connectivity index (χ1n) is 12.1. The van der Waals surface area contributed by atoms with E-state index in [9.17, 15) is 0 Å². The second-order valence-electron chi connectivity index (χ2n) is 10.6. The highest BCUT2D eigenvalue weighted by Gasteiger charge is 2.43. The average molecular weight is 419 g/mol. The molecular weight excluding hydrogens is 384 g/mol. The van der Waals surface area contributed by atoms with Gasteiger partial charge in [0.2, 0.25) is 0 Å². The van der Waals surface area contributed by atoms with Crippen LogP contribution in [0.25, 0.3) is 11.4 Å². The number of nitrogens with zero attached hydrogens (tertiary/aromatic N) is 5. The highest BCUT2D eigenvalue weighted by molar-refractivity contribution is 5.59. The summed E-state index contributed by atoms with van der Waals surface area (Å²) >= 11 is 0. The van der Waals surface area contributed by atoms with Gasteiger partial charge in [-0.1, -0.05) is 12.2 Å². The SMILES string of the molecule is Cc1cnn(C)c1-c1ccc(NCC2CC3CN(CC4CC5C=CC4C5)C[C@@H]3C2)nn1. The smallest absolute Gasteiger partial charge is 0.148 e. The molecule has 0 spiro atoms. The van der Waals surface area contributed by atoms with Gasteiger partial charge in [-0.2, -0.15) is 5.10 Å². The first-order valence-corrected chi connectivity index (χ1v) is 12.1. The van der Waals surface area contributed by atoms with Crippen molar-refractivity contribution in [2.75, 3.05) is 31.5 Å². The van der Waals surface area contributed by atoms with Crippen LogP contribution in [0.5, 0.6) is 0 Å². The molecule has 2 saturated carbocycles. The summed E-state index contributed by atoms with van der Waals surface area (Å²) < 4.78 is 1.86. The van der Waals surface area contributed by atoms with E-state index in [1.165, 1.54) is 45.3 Å². The summed E-state index contributed by atoms with van der Waals surface area (Å²) in [5, 5.41) is 16.7. The van der Waals surface area contributed by atoms with E-state index in [1.54, 1.807) is 0 Å². The molecule has 2 bridgehead atoms. The topological polar surface area (TPSA) is 58.9 Å². The van der Waals surface area contributed by atoms with E-state index < -0.39 is 0 Å². The molecule has 6 heteroatoms. The predicted octanol–water partition coefficient (Wildman–Crippen LogP) is 3.77. The van der Waals surface area contributed by atoms with Crippen LogP contribution in [0.2, 0.25) is 0 Å². The second kappa shape index (κ2) is 7.73. The number of likely N-dealkylation sites (tertiary alicyclic amines) is 1. The zero-order chi connectivity index (χ0) is 20.9. The lowest BCUT2D eigenvalue weighted by Gasteiger charge is -2.26. The molecule has 1 aliphatic heterocycles. The van der Waals surface area contributed by atoms with E-state index in [0.717, 1.165) is 64.8 Å². The fourth-order valence-corrected chi connectivity index (χ4v) is 6.99. The van der Waals surface area contributed by atoms with Gasteiger partial charge in [-0.3, -0.25) is 4.68 Å². The Morgan fingerprint density at radius 3 is 2.48 bits per heavy atom. The monoisotopic (exact) mass is 418 g/mol. The number of aromatic nitrogens is 4. The van der Waals surface area contributed by atoms with Gasteiger partial charge in [0.15, 0.2) is 0 Å². The van der Waals surface area contributed by atoms with Crippen LogP contribution in [-0.4, -0.2) is 51.1 Å². The molecule has 0 amide bonds. The van der Waals surface area contributed by atoms with E-state index in [0.29, 0.717) is 0 Å². The van der Waals surface area contributed by atoms with Crippen LogP contribution in [0.4, 0.5) is 5.82 Å². The molecule has 0 radical (unpaired) electrons. The van der Waals surface area contributed by atoms with Gasteiger partial charge in [-0.25, -0.2) is 0 Å². The van der Waals surface area contributed by atoms with Crippen molar-refractivity contribution in [2.24, 2.45) is 42.6 Å². The fraction of sp³-hybridized carbons (Fsp3) is 0.640. The third-order valence-corrected chi connectivity index (χ3v) is 8.43. The molecule has 1 saturated heterocycles. The van der Waals surface area contributed by atoms with Crippen molar-refractivity contribution in [1.29, 1.82) is 0 Å². The Kier molecular flexibility index (Phi) is 4.86. The maximum absolute atomic E-state index is 4.44. The molecule has 0 aromatic carbocycles. The van der Waals surface area contributed by atoms with Crippen LogP contribution in [0, 0.1) is 42.4 Å². The minimum absolute atomic E-state index is 0.767. The highest BCUT2D eigenvalue weighted by Crippen LogP contribution is 2.46. The zero-order valence-electron chi connectivity index (χ0n) is 18.7. The van der Waals surface area contributed by atoms with E-state index in [1.807, 2.05) is 24.0 Å². The van der Waals surface area contributed by atoms with Crippen LogP contribution < -0.4 is 5.32 Å². The van der Waals surface area contributed by atoms with Crippen molar-refractivity contribution in [1.82, 2.24) is 24.9 Å². The number of nitrogens with one attached hydrogen (secondary N) is 1. The number of anilines is 1. The lowest BCUT2D eigenvalue weighted by Crippen LogP contribution is -2.30. The third kappa shape index (κ3) is 3.69. The Hall–Kier alpha value is -2.21. The number of rotatable bonds is 6. The van der Waals surface area contributed by atoms with Crippen molar-refractivity contribution in [3.63, 3.8) is 0 Å². The molecule has 3 heterocycles. The lowest BCUT2D eigenvalue weighted by atomic mass is 9.93. The molecule has 3 aliphatic carbocycles. The molecule has 6 nitrogen and oxygen atoms in total. The molecule has 164 valence electrons. The molecule has 5 unspecified atom stereocenters. The third-order valence-electron chi connectivity index (χ3n) is 8.43. The molecule has 2 aromatic heterocycles. The Bertz CT molecular complexity index is 929. The average Bonchev–Trinajstić information content (AvgIpc) is 3.56. The zero-order valence-corrected chi connectivity index (χ0v) is 18.7. The predicted molar refractivity (Wildman–Crippen MR) is 122 cm³/mol. The summed E-state index contributed by atoms with van der Waals surface area (Å²) in [5.74, 6) is 6.18. The van der Waals surface area contributed by atoms with Gasteiger partial charge >= 0.3 is 0 Å². The van der Waals surface area contributed by atoms with Crippen molar-refractivity contribution in [3.8, 4) is 11.4 Å². The normalized spacial score (nSPS) is 34.0. The van der Waals surface area contributed by atoms with Gasteiger partial charge in [0.1, 0.15) is 11.5 Å². The summed E-state index contributed by atoms with van der Waals surface area (Å²) in [6.45, 7) is 7.08. The molecule has 31 heavy (non-hydrogen) atoms. The molecular formula is C25H34N6. The van der Waals surface area contributed by atoms with Gasteiger partial charge < -0.3 is 10.2 Å². The summed E-state index contributed by atoms with van der Waals surface area (Å²) in [4.78, 5) is 2.79. The lowest BCUT2D eigenvalue weighted by molar-refractivity contribution is 0.234. The minimum atomic E-state index is 0.767. The summed E-state index contributed by atoms with van der Waals surface area (Å²) in [6.07, 6.45) is 12.5. The van der Waals surface area contributed by atoms with Crippen LogP contribution in [0.15, 0.2) is 30.5 Å². The van der Waals surface area contributed by atoms with Crippen LogP contribution >= 0.6 is 0 Å². The highest BCUT2D eigenvalue weighted by atomic mass is 15.3. The van der Waals surface area contributed by atoms with Crippen LogP contribution in [0.3, 0.4) is 0 Å². The van der Waals surface area contributed by atoms with E-state index >= 15 is 0 Å². The van der Waals surface area contributed by atoms with E-state index in [-0.39, 0.29) is 0 Å². The molecule has 6 rings (SSSR count). The summed E-state index contributed by atoms with van der Waals surface area (Å²) in [5.41, 5.74) is 3.04. The quantitative estimate of drug-likeness (QED) is 0.724.